The van der Waals surface area contributed by atoms with Crippen LogP contribution in [0.5, 0.6) is 0 Å². The summed E-state index contributed by atoms with van der Waals surface area (Å²) in [5.41, 5.74) is 3.15. The summed E-state index contributed by atoms with van der Waals surface area (Å²) in [6.45, 7) is 0.588. The molecule has 0 N–H and O–H groups in total. The van der Waals surface area contributed by atoms with Crippen LogP contribution in [0.3, 0.4) is 0 Å². The normalized spacial score (nSPS) is 19.0. The van der Waals surface area contributed by atoms with Gasteiger partial charge in [0.2, 0.25) is 5.91 Å². The molecular formula is C19H17N3OS. The van der Waals surface area contributed by atoms with Crippen molar-refractivity contribution in [2.75, 3.05) is 4.90 Å². The molecule has 4 nitrogen and oxygen atoms in total. The Morgan fingerprint density at radius 3 is 2.67 bits per heavy atom. The average Bonchev–Trinajstić information content (AvgIpc) is 3.28. The van der Waals surface area contributed by atoms with Crippen LogP contribution in [0, 0.1) is 5.92 Å². The summed E-state index contributed by atoms with van der Waals surface area (Å²) in [6, 6.07) is 9.86. The minimum atomic E-state index is 0.0352. The zero-order valence-corrected chi connectivity index (χ0v) is 13.9. The van der Waals surface area contributed by atoms with Gasteiger partial charge < -0.3 is 4.90 Å². The van der Waals surface area contributed by atoms with Crippen molar-refractivity contribution in [1.82, 2.24) is 9.97 Å². The van der Waals surface area contributed by atoms with Gasteiger partial charge in [-0.1, -0.05) is 6.07 Å². The quantitative estimate of drug-likeness (QED) is 0.711. The fourth-order valence-electron chi connectivity index (χ4n) is 3.01. The van der Waals surface area contributed by atoms with E-state index in [1.165, 1.54) is 0 Å². The zero-order chi connectivity index (χ0) is 16.4. The van der Waals surface area contributed by atoms with Crippen molar-refractivity contribution in [3.05, 3.63) is 77.0 Å². The zero-order valence-electron chi connectivity index (χ0n) is 13.1. The lowest BCUT2D eigenvalue weighted by atomic mass is 10.1. The Bertz CT molecular complexity index is 805. The van der Waals surface area contributed by atoms with Gasteiger partial charge in [0.1, 0.15) is 0 Å². The molecule has 1 saturated carbocycles. The highest BCUT2D eigenvalue weighted by Crippen LogP contribution is 2.48. The first kappa shape index (κ1) is 15.0. The molecule has 0 radical (unpaired) electrons. The van der Waals surface area contributed by atoms with Gasteiger partial charge in [-0.05, 0) is 58.5 Å². The molecular weight excluding hydrogens is 318 g/mol. The number of carbonyl (C=O) groups is 1. The number of amides is 1. The lowest BCUT2D eigenvalue weighted by Gasteiger charge is -2.22. The van der Waals surface area contributed by atoms with Gasteiger partial charge in [0.15, 0.2) is 0 Å². The maximum atomic E-state index is 13.1. The fraction of sp³-hybridized carbons (Fsp3) is 0.211. The van der Waals surface area contributed by atoms with Gasteiger partial charge in [0.05, 0.1) is 18.4 Å². The summed E-state index contributed by atoms with van der Waals surface area (Å²) in [6.07, 6.45) is 8.01. The lowest BCUT2D eigenvalue weighted by Crippen LogP contribution is -2.32. The van der Waals surface area contributed by atoms with E-state index in [0.717, 1.165) is 23.2 Å². The lowest BCUT2D eigenvalue weighted by molar-refractivity contribution is -0.120. The molecule has 0 aliphatic heterocycles. The van der Waals surface area contributed by atoms with E-state index in [4.69, 9.17) is 0 Å². The van der Waals surface area contributed by atoms with Gasteiger partial charge in [0.25, 0.3) is 0 Å². The molecule has 1 aliphatic rings. The minimum absolute atomic E-state index is 0.0352. The molecule has 0 aromatic carbocycles. The maximum absolute atomic E-state index is 13.1. The molecule has 3 aromatic heterocycles. The minimum Gasteiger partial charge on any atom is -0.306 e. The highest BCUT2D eigenvalue weighted by atomic mass is 32.1. The molecule has 1 aliphatic carbocycles. The van der Waals surface area contributed by atoms with E-state index in [1.807, 2.05) is 34.7 Å². The van der Waals surface area contributed by atoms with Crippen LogP contribution in [-0.2, 0) is 11.3 Å². The van der Waals surface area contributed by atoms with E-state index in [9.17, 15) is 4.79 Å². The molecule has 0 bridgehead atoms. The van der Waals surface area contributed by atoms with Crippen molar-refractivity contribution < 1.29 is 4.79 Å². The van der Waals surface area contributed by atoms with E-state index in [1.54, 1.807) is 29.9 Å². The van der Waals surface area contributed by atoms with E-state index in [0.29, 0.717) is 6.54 Å². The Hall–Kier alpha value is -2.53. The second-order valence-corrected chi connectivity index (χ2v) is 6.78. The van der Waals surface area contributed by atoms with Crippen LogP contribution >= 0.6 is 11.3 Å². The first-order chi connectivity index (χ1) is 11.8. The molecule has 1 fully saturated rings. The largest absolute Gasteiger partial charge is 0.306 e. The van der Waals surface area contributed by atoms with Crippen LogP contribution in [0.1, 0.15) is 23.5 Å². The second-order valence-electron chi connectivity index (χ2n) is 6.00. The number of thiophene rings is 1. The fourth-order valence-corrected chi connectivity index (χ4v) is 3.67. The molecule has 0 spiro atoms. The molecule has 4 rings (SSSR count). The monoisotopic (exact) mass is 335 g/mol. The third kappa shape index (κ3) is 3.08. The molecule has 1 amide bonds. The number of pyridine rings is 2. The summed E-state index contributed by atoms with van der Waals surface area (Å²) >= 11 is 1.65. The van der Waals surface area contributed by atoms with E-state index in [2.05, 4.69) is 27.5 Å². The molecule has 0 saturated heterocycles. The molecule has 24 heavy (non-hydrogen) atoms. The first-order valence-electron chi connectivity index (χ1n) is 7.95. The molecule has 0 unspecified atom stereocenters. The summed E-state index contributed by atoms with van der Waals surface area (Å²) in [5.74, 6) is 0.490. The standard InChI is InChI=1S/C19H17N3OS/c23-19(18-9-17(18)15-3-1-6-20-10-15)22(12-14-5-8-24-13-14)16-4-2-7-21-11-16/h1-8,10-11,13,17-18H,9,12H2/t17-,18-/m1/s1. The Morgan fingerprint density at radius 2 is 2.00 bits per heavy atom. The third-order valence-electron chi connectivity index (χ3n) is 4.36. The number of carbonyl (C=O) groups excluding carboxylic acids is 1. The molecule has 120 valence electrons. The van der Waals surface area contributed by atoms with Gasteiger partial charge in [-0.3, -0.25) is 14.8 Å². The Morgan fingerprint density at radius 1 is 1.17 bits per heavy atom. The number of hydrogen-bond donors (Lipinski definition) is 0. The van der Waals surface area contributed by atoms with Crippen molar-refractivity contribution in [1.29, 1.82) is 0 Å². The summed E-state index contributed by atoms with van der Waals surface area (Å²) in [4.78, 5) is 23.3. The van der Waals surface area contributed by atoms with Gasteiger partial charge in [-0.2, -0.15) is 11.3 Å². The number of rotatable bonds is 5. The predicted octanol–water partition coefficient (Wildman–Crippen LogP) is 3.88. The van der Waals surface area contributed by atoms with Crippen LogP contribution < -0.4 is 4.90 Å². The van der Waals surface area contributed by atoms with Crippen LogP contribution in [0.15, 0.2) is 65.9 Å². The third-order valence-corrected chi connectivity index (χ3v) is 5.10. The van der Waals surface area contributed by atoms with Gasteiger partial charge in [0, 0.05) is 24.5 Å². The van der Waals surface area contributed by atoms with Gasteiger partial charge in [-0.15, -0.1) is 0 Å². The average molecular weight is 335 g/mol. The van der Waals surface area contributed by atoms with Crippen LogP contribution in [0.25, 0.3) is 0 Å². The Kier molecular flexibility index (Phi) is 4.09. The maximum Gasteiger partial charge on any atom is 0.231 e. The van der Waals surface area contributed by atoms with Crippen molar-refractivity contribution in [2.45, 2.75) is 18.9 Å². The molecule has 3 heterocycles. The molecule has 5 heteroatoms. The van der Waals surface area contributed by atoms with E-state index in [-0.39, 0.29) is 17.7 Å². The highest BCUT2D eigenvalue weighted by Gasteiger charge is 2.46. The van der Waals surface area contributed by atoms with Crippen LogP contribution in [-0.4, -0.2) is 15.9 Å². The topological polar surface area (TPSA) is 46.1 Å². The Balaban J connectivity index is 1.56. The second kappa shape index (κ2) is 6.53. The van der Waals surface area contributed by atoms with Crippen molar-refractivity contribution in [2.24, 2.45) is 5.92 Å². The SMILES string of the molecule is O=C([C@@H]1C[C@@H]1c1cccnc1)N(Cc1ccsc1)c1cccnc1. The number of nitrogens with zero attached hydrogens (tertiary/aromatic N) is 3. The number of hydrogen-bond acceptors (Lipinski definition) is 4. The number of aromatic nitrogens is 2. The summed E-state index contributed by atoms with van der Waals surface area (Å²) in [7, 11) is 0. The highest BCUT2D eigenvalue weighted by molar-refractivity contribution is 7.07. The van der Waals surface area contributed by atoms with Crippen molar-refractivity contribution in [3.63, 3.8) is 0 Å². The van der Waals surface area contributed by atoms with Crippen LogP contribution in [0.4, 0.5) is 5.69 Å². The van der Waals surface area contributed by atoms with Gasteiger partial charge in [-0.25, -0.2) is 0 Å². The molecule has 3 aromatic rings. The van der Waals surface area contributed by atoms with E-state index >= 15 is 0 Å². The molecule has 2 atom stereocenters. The predicted molar refractivity (Wildman–Crippen MR) is 94.8 cm³/mol. The van der Waals surface area contributed by atoms with Crippen LogP contribution in [0.2, 0.25) is 0 Å². The van der Waals surface area contributed by atoms with Crippen molar-refractivity contribution >= 4 is 22.9 Å². The summed E-state index contributed by atoms with van der Waals surface area (Å²) < 4.78 is 0. The number of anilines is 1. The van der Waals surface area contributed by atoms with Crippen molar-refractivity contribution in [3.8, 4) is 0 Å². The van der Waals surface area contributed by atoms with E-state index < -0.39 is 0 Å². The summed E-state index contributed by atoms with van der Waals surface area (Å²) in [5, 5.41) is 4.12. The first-order valence-corrected chi connectivity index (χ1v) is 8.89. The van der Waals surface area contributed by atoms with Gasteiger partial charge >= 0.3 is 0 Å². The Labute approximate surface area is 144 Å². The smallest absolute Gasteiger partial charge is 0.231 e.